The molecule has 118 valence electrons. The number of hydrogen-bond donors (Lipinski definition) is 2. The molecule has 0 aliphatic carbocycles. The minimum Gasteiger partial charge on any atom is -0.398 e. The Morgan fingerprint density at radius 3 is 2.67 bits per heavy atom. The zero-order valence-corrected chi connectivity index (χ0v) is 13.6. The van der Waals surface area contributed by atoms with E-state index in [1.54, 1.807) is 6.92 Å². The predicted molar refractivity (Wildman–Crippen MR) is 81.1 cm³/mol. The minimum absolute atomic E-state index is 0.00723. The number of ether oxygens (including phenoxy) is 1. The number of halogens is 2. The highest BCUT2D eigenvalue weighted by Gasteiger charge is 2.35. The van der Waals surface area contributed by atoms with Gasteiger partial charge in [-0.15, -0.1) is 0 Å². The Hall–Kier alpha value is -0.570. The number of nitrogens with zero attached hydrogens (tertiary/aromatic N) is 1. The highest BCUT2D eigenvalue weighted by atomic mass is 35.5. The van der Waals surface area contributed by atoms with E-state index in [4.69, 9.17) is 33.7 Å². The zero-order valence-electron chi connectivity index (χ0n) is 11.3. The fourth-order valence-electron chi connectivity index (χ4n) is 2.28. The van der Waals surface area contributed by atoms with Crippen molar-refractivity contribution in [3.05, 3.63) is 22.2 Å². The van der Waals surface area contributed by atoms with Crippen LogP contribution in [0.15, 0.2) is 17.0 Å². The van der Waals surface area contributed by atoms with Crippen molar-refractivity contribution in [1.82, 2.24) is 4.31 Å². The highest BCUT2D eigenvalue weighted by Crippen LogP contribution is 2.34. The van der Waals surface area contributed by atoms with Crippen LogP contribution in [0.1, 0.15) is 6.92 Å². The fraction of sp³-hybridized carbons (Fsp3) is 0.500. The Labute approximate surface area is 133 Å². The summed E-state index contributed by atoms with van der Waals surface area (Å²) in [6, 6.07) is 2.67. The second kappa shape index (κ2) is 6.28. The van der Waals surface area contributed by atoms with Crippen molar-refractivity contribution in [3.63, 3.8) is 0 Å². The highest BCUT2D eigenvalue weighted by molar-refractivity contribution is 7.89. The normalized spacial score (nSPS) is 24.2. The summed E-state index contributed by atoms with van der Waals surface area (Å²) in [5.74, 6) is 0. The van der Waals surface area contributed by atoms with Crippen LogP contribution in [0.2, 0.25) is 10.0 Å². The summed E-state index contributed by atoms with van der Waals surface area (Å²) in [6.07, 6.45) is -0.909. The molecule has 0 bridgehead atoms. The molecule has 1 aromatic carbocycles. The fourth-order valence-corrected chi connectivity index (χ4v) is 4.77. The summed E-state index contributed by atoms with van der Waals surface area (Å²) < 4.78 is 32.1. The van der Waals surface area contributed by atoms with Gasteiger partial charge in [0.2, 0.25) is 10.0 Å². The van der Waals surface area contributed by atoms with Crippen molar-refractivity contribution >= 4 is 38.9 Å². The van der Waals surface area contributed by atoms with Gasteiger partial charge in [0, 0.05) is 18.1 Å². The predicted octanol–water partition coefficient (Wildman–Crippen LogP) is 1.35. The standard InChI is InChI=1S/C12H16Cl2N2O4S/c1-7-4-16(5-9(6-17)20-7)21(18,19)12-10(14)2-8(13)3-11(12)15/h2-3,7,9,17H,4-6,15H2,1H3. The molecule has 1 saturated heterocycles. The maximum Gasteiger partial charge on any atom is 0.246 e. The van der Waals surface area contributed by atoms with Crippen molar-refractivity contribution in [1.29, 1.82) is 0 Å². The van der Waals surface area contributed by atoms with Crippen molar-refractivity contribution in [3.8, 4) is 0 Å². The van der Waals surface area contributed by atoms with Gasteiger partial charge in [0.1, 0.15) is 4.90 Å². The van der Waals surface area contributed by atoms with Crippen LogP contribution >= 0.6 is 23.2 Å². The van der Waals surface area contributed by atoms with E-state index in [-0.39, 0.29) is 46.4 Å². The maximum absolute atomic E-state index is 12.7. The van der Waals surface area contributed by atoms with Gasteiger partial charge < -0.3 is 15.6 Å². The van der Waals surface area contributed by atoms with Crippen molar-refractivity contribution in [2.45, 2.75) is 24.0 Å². The smallest absolute Gasteiger partial charge is 0.246 e. The van der Waals surface area contributed by atoms with Crippen LogP contribution < -0.4 is 5.73 Å². The lowest BCUT2D eigenvalue weighted by molar-refractivity contribution is -0.0750. The average molecular weight is 355 g/mol. The maximum atomic E-state index is 12.7. The molecular formula is C12H16Cl2N2O4S. The summed E-state index contributed by atoms with van der Waals surface area (Å²) in [5.41, 5.74) is 5.75. The zero-order chi connectivity index (χ0) is 15.8. The molecule has 0 spiro atoms. The van der Waals surface area contributed by atoms with E-state index in [2.05, 4.69) is 0 Å². The third-order valence-electron chi connectivity index (χ3n) is 3.13. The van der Waals surface area contributed by atoms with Crippen LogP contribution in [0.4, 0.5) is 5.69 Å². The number of aliphatic hydroxyl groups is 1. The molecule has 0 radical (unpaired) electrons. The molecular weight excluding hydrogens is 339 g/mol. The number of morpholine rings is 1. The van der Waals surface area contributed by atoms with E-state index in [1.165, 1.54) is 16.4 Å². The van der Waals surface area contributed by atoms with Crippen LogP contribution in [-0.4, -0.2) is 49.7 Å². The van der Waals surface area contributed by atoms with Gasteiger partial charge in [-0.25, -0.2) is 8.42 Å². The molecule has 0 amide bonds. The Kier molecular flexibility index (Phi) is 5.02. The first-order valence-corrected chi connectivity index (χ1v) is 8.46. The van der Waals surface area contributed by atoms with Gasteiger partial charge in [0.25, 0.3) is 0 Å². The van der Waals surface area contributed by atoms with E-state index >= 15 is 0 Å². The van der Waals surface area contributed by atoms with E-state index in [0.717, 1.165) is 0 Å². The Balaban J connectivity index is 2.43. The Bertz CT molecular complexity index is 615. The molecule has 1 aliphatic heterocycles. The molecule has 3 N–H and O–H groups in total. The number of hydrogen-bond acceptors (Lipinski definition) is 5. The summed E-state index contributed by atoms with van der Waals surface area (Å²) in [6.45, 7) is 1.68. The van der Waals surface area contributed by atoms with Gasteiger partial charge in [-0.2, -0.15) is 4.31 Å². The molecule has 1 fully saturated rings. The molecule has 21 heavy (non-hydrogen) atoms. The number of anilines is 1. The van der Waals surface area contributed by atoms with Gasteiger partial charge in [-0.3, -0.25) is 0 Å². The molecule has 2 atom stereocenters. The van der Waals surface area contributed by atoms with Gasteiger partial charge in [0.05, 0.1) is 29.5 Å². The van der Waals surface area contributed by atoms with Crippen LogP contribution in [0.3, 0.4) is 0 Å². The van der Waals surface area contributed by atoms with Gasteiger partial charge in [-0.05, 0) is 19.1 Å². The largest absolute Gasteiger partial charge is 0.398 e. The lowest BCUT2D eigenvalue weighted by atomic mass is 10.2. The summed E-state index contributed by atoms with van der Waals surface area (Å²) in [7, 11) is -3.89. The lowest BCUT2D eigenvalue weighted by Crippen LogP contribution is -2.50. The van der Waals surface area contributed by atoms with E-state index in [0.29, 0.717) is 0 Å². The van der Waals surface area contributed by atoms with E-state index < -0.39 is 16.1 Å². The number of benzene rings is 1. The Morgan fingerprint density at radius 2 is 2.10 bits per heavy atom. The number of rotatable bonds is 3. The van der Waals surface area contributed by atoms with Gasteiger partial charge >= 0.3 is 0 Å². The van der Waals surface area contributed by atoms with Crippen LogP contribution in [0, 0.1) is 0 Å². The first kappa shape index (κ1) is 16.8. The van der Waals surface area contributed by atoms with E-state index in [1.807, 2.05) is 0 Å². The SMILES string of the molecule is CC1CN(S(=O)(=O)c2c(N)cc(Cl)cc2Cl)CC(CO)O1. The molecule has 2 rings (SSSR count). The molecule has 0 saturated carbocycles. The lowest BCUT2D eigenvalue weighted by Gasteiger charge is -2.35. The number of aliphatic hydroxyl groups excluding tert-OH is 1. The monoisotopic (exact) mass is 354 g/mol. The molecule has 6 nitrogen and oxygen atoms in total. The molecule has 2 unspecified atom stereocenters. The Morgan fingerprint density at radius 1 is 1.43 bits per heavy atom. The third kappa shape index (κ3) is 3.44. The number of nitrogen functional groups attached to an aromatic ring is 1. The number of nitrogens with two attached hydrogens (primary N) is 1. The summed E-state index contributed by atoms with van der Waals surface area (Å²) in [5, 5.41) is 9.43. The summed E-state index contributed by atoms with van der Waals surface area (Å²) in [4.78, 5) is -0.167. The van der Waals surface area contributed by atoms with Crippen LogP contribution in [-0.2, 0) is 14.8 Å². The second-order valence-corrected chi connectivity index (χ2v) is 7.60. The minimum atomic E-state index is -3.89. The van der Waals surface area contributed by atoms with Crippen molar-refractivity contribution in [2.75, 3.05) is 25.4 Å². The molecule has 0 aromatic heterocycles. The first-order valence-electron chi connectivity index (χ1n) is 6.26. The van der Waals surface area contributed by atoms with Gasteiger partial charge in [0.15, 0.2) is 0 Å². The van der Waals surface area contributed by atoms with E-state index in [9.17, 15) is 13.5 Å². The van der Waals surface area contributed by atoms with Crippen molar-refractivity contribution < 1.29 is 18.3 Å². The number of sulfonamides is 1. The van der Waals surface area contributed by atoms with Gasteiger partial charge in [-0.1, -0.05) is 23.2 Å². The average Bonchev–Trinajstić information content (AvgIpc) is 2.36. The first-order chi connectivity index (χ1) is 9.75. The van der Waals surface area contributed by atoms with Crippen LogP contribution in [0.5, 0.6) is 0 Å². The molecule has 1 heterocycles. The second-order valence-electron chi connectivity index (χ2n) is 4.88. The molecule has 1 aromatic rings. The molecule has 9 heteroatoms. The topological polar surface area (TPSA) is 92.9 Å². The third-order valence-corrected chi connectivity index (χ3v) is 5.71. The summed E-state index contributed by atoms with van der Waals surface area (Å²) >= 11 is 11.8. The molecule has 1 aliphatic rings. The van der Waals surface area contributed by atoms with Crippen molar-refractivity contribution in [2.24, 2.45) is 0 Å². The quantitative estimate of drug-likeness (QED) is 0.799. The van der Waals surface area contributed by atoms with Crippen LogP contribution in [0.25, 0.3) is 0 Å².